The highest BCUT2D eigenvalue weighted by Crippen LogP contribution is 2.37. The maximum atomic E-state index is 12.7. The first-order chi connectivity index (χ1) is 8.71. The number of carbonyl (C=O) groups is 1. The van der Waals surface area contributed by atoms with Crippen molar-refractivity contribution in [1.29, 1.82) is 0 Å². The van der Waals surface area contributed by atoms with Crippen LogP contribution in [0.1, 0.15) is 43.5 Å². The molecule has 4 heteroatoms. The summed E-state index contributed by atoms with van der Waals surface area (Å²) in [6.07, 6.45) is 4.33. The van der Waals surface area contributed by atoms with E-state index >= 15 is 0 Å². The van der Waals surface area contributed by atoms with Crippen LogP contribution in [-0.4, -0.2) is 29.4 Å². The summed E-state index contributed by atoms with van der Waals surface area (Å²) in [4.78, 5) is 16.2. The summed E-state index contributed by atoms with van der Waals surface area (Å²) >= 11 is 1.77. The maximum absolute atomic E-state index is 12.7. The van der Waals surface area contributed by atoms with Crippen LogP contribution in [0.25, 0.3) is 0 Å². The van der Waals surface area contributed by atoms with Crippen molar-refractivity contribution < 1.29 is 4.79 Å². The van der Waals surface area contributed by atoms with Crippen molar-refractivity contribution >= 4 is 17.2 Å². The van der Waals surface area contributed by atoms with E-state index in [1.165, 1.54) is 4.88 Å². The summed E-state index contributed by atoms with van der Waals surface area (Å²) in [5.41, 5.74) is -0.320. The second-order valence-corrected chi connectivity index (χ2v) is 6.51. The molecule has 18 heavy (non-hydrogen) atoms. The van der Waals surface area contributed by atoms with Crippen molar-refractivity contribution in [2.75, 3.05) is 13.1 Å². The molecule has 0 aromatic carbocycles. The Morgan fingerprint density at radius 3 is 3.11 bits per heavy atom. The molecule has 1 amide bonds. The van der Waals surface area contributed by atoms with E-state index in [0.717, 1.165) is 38.8 Å². The summed E-state index contributed by atoms with van der Waals surface area (Å²) in [6.45, 7) is 3.95. The van der Waals surface area contributed by atoms with Crippen molar-refractivity contribution in [3.05, 3.63) is 22.4 Å². The van der Waals surface area contributed by atoms with Gasteiger partial charge in [-0.25, -0.2) is 0 Å². The van der Waals surface area contributed by atoms with Crippen LogP contribution in [0.15, 0.2) is 17.5 Å². The molecule has 0 spiro atoms. The molecule has 1 aromatic heterocycles. The minimum Gasteiger partial charge on any atom is -0.333 e. The number of hydrogen-bond acceptors (Lipinski definition) is 3. The summed E-state index contributed by atoms with van der Waals surface area (Å²) in [7, 11) is 0. The summed E-state index contributed by atoms with van der Waals surface area (Å²) in [6, 6.07) is 4.55. The lowest BCUT2D eigenvalue weighted by atomic mass is 9.98. The van der Waals surface area contributed by atoms with Gasteiger partial charge in [-0.1, -0.05) is 6.07 Å². The molecular formula is C14H20N2OS. The quantitative estimate of drug-likeness (QED) is 0.890. The second-order valence-electron chi connectivity index (χ2n) is 5.53. The lowest BCUT2D eigenvalue weighted by Gasteiger charge is -2.32. The van der Waals surface area contributed by atoms with Crippen LogP contribution >= 0.6 is 11.3 Å². The fourth-order valence-electron chi connectivity index (χ4n) is 3.18. The van der Waals surface area contributed by atoms with Gasteiger partial charge in [-0.05, 0) is 50.6 Å². The molecule has 1 aromatic rings. The number of rotatable bonds is 2. The van der Waals surface area contributed by atoms with Crippen LogP contribution < -0.4 is 5.32 Å². The van der Waals surface area contributed by atoms with E-state index in [1.54, 1.807) is 11.3 Å². The highest BCUT2D eigenvalue weighted by molar-refractivity contribution is 7.10. The zero-order chi connectivity index (χ0) is 12.6. The Morgan fingerprint density at radius 2 is 2.44 bits per heavy atom. The second kappa shape index (κ2) is 4.67. The van der Waals surface area contributed by atoms with E-state index in [-0.39, 0.29) is 5.54 Å². The predicted molar refractivity (Wildman–Crippen MR) is 73.6 cm³/mol. The van der Waals surface area contributed by atoms with Crippen LogP contribution in [0, 0.1) is 0 Å². The smallest absolute Gasteiger partial charge is 0.243 e. The van der Waals surface area contributed by atoms with Gasteiger partial charge in [-0.2, -0.15) is 0 Å². The van der Waals surface area contributed by atoms with Gasteiger partial charge >= 0.3 is 0 Å². The van der Waals surface area contributed by atoms with Gasteiger partial charge in [0.25, 0.3) is 0 Å². The van der Waals surface area contributed by atoms with Crippen LogP contribution in [-0.2, 0) is 4.79 Å². The largest absolute Gasteiger partial charge is 0.333 e. The third kappa shape index (κ3) is 1.97. The van der Waals surface area contributed by atoms with E-state index in [0.29, 0.717) is 11.9 Å². The molecule has 2 fully saturated rings. The van der Waals surface area contributed by atoms with Crippen molar-refractivity contribution in [2.24, 2.45) is 0 Å². The summed E-state index contributed by atoms with van der Waals surface area (Å²) < 4.78 is 0. The molecule has 2 aliphatic rings. The van der Waals surface area contributed by atoms with Gasteiger partial charge in [0.2, 0.25) is 5.91 Å². The first-order valence-corrected chi connectivity index (χ1v) is 7.68. The zero-order valence-electron chi connectivity index (χ0n) is 10.8. The molecule has 3 nitrogen and oxygen atoms in total. The molecule has 0 radical (unpaired) electrons. The molecule has 2 atom stereocenters. The molecule has 98 valence electrons. The van der Waals surface area contributed by atoms with Crippen molar-refractivity contribution in [2.45, 2.75) is 44.2 Å². The minimum atomic E-state index is -0.320. The Balaban J connectivity index is 1.80. The fourth-order valence-corrected chi connectivity index (χ4v) is 4.05. The highest BCUT2D eigenvalue weighted by atomic mass is 32.1. The molecule has 0 bridgehead atoms. The van der Waals surface area contributed by atoms with Crippen molar-refractivity contribution in [3.63, 3.8) is 0 Å². The standard InChI is InChI=1S/C14H20N2OS/c1-14(7-4-8-15-14)13(17)16-9-2-5-11(16)12-6-3-10-18-12/h3,6,10-11,15H,2,4-5,7-9H2,1H3. The number of nitrogens with one attached hydrogen (secondary N) is 1. The molecule has 0 saturated carbocycles. The molecular weight excluding hydrogens is 244 g/mol. The van der Waals surface area contributed by atoms with Gasteiger partial charge < -0.3 is 10.2 Å². The Kier molecular flexibility index (Phi) is 3.16. The topological polar surface area (TPSA) is 32.3 Å². The number of amides is 1. The average Bonchev–Trinajstić information content (AvgIpc) is 3.09. The average molecular weight is 264 g/mol. The molecule has 3 rings (SSSR count). The monoisotopic (exact) mass is 264 g/mol. The van der Waals surface area contributed by atoms with E-state index in [9.17, 15) is 4.79 Å². The van der Waals surface area contributed by atoms with Gasteiger partial charge in [0.1, 0.15) is 0 Å². The molecule has 2 aliphatic heterocycles. The van der Waals surface area contributed by atoms with E-state index in [2.05, 4.69) is 34.7 Å². The lowest BCUT2D eigenvalue weighted by molar-refractivity contribution is -0.138. The van der Waals surface area contributed by atoms with Gasteiger partial charge in [0, 0.05) is 11.4 Å². The molecule has 0 aliphatic carbocycles. The molecule has 1 N–H and O–H groups in total. The number of likely N-dealkylation sites (tertiary alicyclic amines) is 1. The predicted octanol–water partition coefficient (Wildman–Crippen LogP) is 2.55. The summed E-state index contributed by atoms with van der Waals surface area (Å²) in [5.74, 6) is 0.302. The van der Waals surface area contributed by atoms with Gasteiger partial charge in [-0.15, -0.1) is 11.3 Å². The summed E-state index contributed by atoms with van der Waals surface area (Å²) in [5, 5.41) is 5.49. The van der Waals surface area contributed by atoms with Crippen LogP contribution in [0.4, 0.5) is 0 Å². The first-order valence-electron chi connectivity index (χ1n) is 6.80. The Morgan fingerprint density at radius 1 is 1.56 bits per heavy atom. The van der Waals surface area contributed by atoms with Crippen LogP contribution in [0.5, 0.6) is 0 Å². The van der Waals surface area contributed by atoms with Crippen LogP contribution in [0.2, 0.25) is 0 Å². The van der Waals surface area contributed by atoms with E-state index in [1.807, 2.05) is 0 Å². The third-order valence-electron chi connectivity index (χ3n) is 4.23. The van der Waals surface area contributed by atoms with Gasteiger partial charge in [0.05, 0.1) is 11.6 Å². The zero-order valence-corrected chi connectivity index (χ0v) is 11.6. The first kappa shape index (κ1) is 12.2. The maximum Gasteiger partial charge on any atom is 0.243 e. The fraction of sp³-hybridized carbons (Fsp3) is 0.643. The molecule has 3 heterocycles. The Bertz CT molecular complexity index is 423. The lowest BCUT2D eigenvalue weighted by Crippen LogP contribution is -2.52. The normalized spacial score (nSPS) is 32.1. The van der Waals surface area contributed by atoms with Gasteiger partial charge in [0.15, 0.2) is 0 Å². The van der Waals surface area contributed by atoms with Gasteiger partial charge in [-0.3, -0.25) is 4.79 Å². The minimum absolute atomic E-state index is 0.302. The number of nitrogens with zero attached hydrogens (tertiary/aromatic N) is 1. The SMILES string of the molecule is CC1(C(=O)N2CCCC2c2cccs2)CCCN1. The van der Waals surface area contributed by atoms with E-state index < -0.39 is 0 Å². The Labute approximate surface area is 112 Å². The number of carbonyl (C=O) groups excluding carboxylic acids is 1. The molecule has 2 saturated heterocycles. The molecule has 2 unspecified atom stereocenters. The third-order valence-corrected chi connectivity index (χ3v) is 5.20. The Hall–Kier alpha value is -0.870. The van der Waals surface area contributed by atoms with Crippen molar-refractivity contribution in [1.82, 2.24) is 10.2 Å². The van der Waals surface area contributed by atoms with Crippen LogP contribution in [0.3, 0.4) is 0 Å². The number of thiophene rings is 1. The highest BCUT2D eigenvalue weighted by Gasteiger charge is 2.42. The van der Waals surface area contributed by atoms with E-state index in [4.69, 9.17) is 0 Å². The van der Waals surface area contributed by atoms with Crippen molar-refractivity contribution in [3.8, 4) is 0 Å². The number of hydrogen-bond donors (Lipinski definition) is 1.